The fraction of sp³-hybridized carbons (Fsp3) is 0.333. The number of fused-ring (bicyclic) bond motifs is 2. The molecule has 0 amide bonds. The number of anilines is 2. The topological polar surface area (TPSA) is 57.9 Å². The number of hydrogen-bond donors (Lipinski definition) is 1. The fourth-order valence-corrected chi connectivity index (χ4v) is 5.29. The zero-order chi connectivity index (χ0) is 16.5. The number of thiazole rings is 1. The molecule has 4 nitrogen and oxygen atoms in total. The summed E-state index contributed by atoms with van der Waals surface area (Å²) >= 11 is 3.32. The predicted octanol–water partition coefficient (Wildman–Crippen LogP) is 5.25. The molecule has 0 spiro atoms. The van der Waals surface area contributed by atoms with Crippen LogP contribution in [-0.2, 0) is 12.8 Å². The molecule has 1 N–H and O–H groups in total. The van der Waals surface area contributed by atoms with Gasteiger partial charge in [0.05, 0.1) is 22.9 Å². The lowest BCUT2D eigenvalue weighted by Crippen LogP contribution is -1.92. The van der Waals surface area contributed by atoms with E-state index in [-0.39, 0.29) is 0 Å². The van der Waals surface area contributed by atoms with Gasteiger partial charge in [0.2, 0.25) is 0 Å². The summed E-state index contributed by atoms with van der Waals surface area (Å²) in [5, 5.41) is 14.8. The standard InChI is InChI=1S/C18H17N3OS2/c1-22-11-7-8-16-14(9-11)20-18(24-16)21-17-13(10-19)12-5-3-2-4-6-15(12)23-17/h7-9H,2-6H2,1H3,(H,20,21). The summed E-state index contributed by atoms with van der Waals surface area (Å²) in [7, 11) is 1.66. The highest BCUT2D eigenvalue weighted by molar-refractivity contribution is 7.22. The molecular weight excluding hydrogens is 338 g/mol. The minimum atomic E-state index is 0.805. The number of nitrogens with zero attached hydrogens (tertiary/aromatic N) is 2. The number of ether oxygens (including phenoxy) is 1. The third kappa shape index (κ3) is 2.74. The van der Waals surface area contributed by atoms with E-state index in [1.807, 2.05) is 18.2 Å². The van der Waals surface area contributed by atoms with Gasteiger partial charge >= 0.3 is 0 Å². The van der Waals surface area contributed by atoms with E-state index >= 15 is 0 Å². The highest BCUT2D eigenvalue weighted by atomic mass is 32.1. The van der Waals surface area contributed by atoms with Crippen LogP contribution in [0.4, 0.5) is 10.1 Å². The maximum Gasteiger partial charge on any atom is 0.188 e. The Hall–Kier alpha value is -2.10. The van der Waals surface area contributed by atoms with E-state index in [4.69, 9.17) is 4.74 Å². The molecule has 6 heteroatoms. The molecule has 0 radical (unpaired) electrons. The Bertz CT molecular complexity index is 936. The lowest BCUT2D eigenvalue weighted by Gasteiger charge is -2.00. The quantitative estimate of drug-likeness (QED) is 0.652. The largest absolute Gasteiger partial charge is 0.497 e. The molecule has 4 rings (SSSR count). The SMILES string of the molecule is COc1ccc2sc(Nc3sc4c(c3C#N)CCCCC4)nc2c1. The summed E-state index contributed by atoms with van der Waals surface area (Å²) in [4.78, 5) is 6.01. The Morgan fingerprint density at radius 2 is 2.08 bits per heavy atom. The fourth-order valence-electron chi connectivity index (χ4n) is 3.13. The van der Waals surface area contributed by atoms with Crippen LogP contribution in [-0.4, -0.2) is 12.1 Å². The molecule has 0 unspecified atom stereocenters. The smallest absolute Gasteiger partial charge is 0.188 e. The van der Waals surface area contributed by atoms with Crippen molar-refractivity contribution in [1.82, 2.24) is 4.98 Å². The summed E-state index contributed by atoms with van der Waals surface area (Å²) < 4.78 is 6.36. The van der Waals surface area contributed by atoms with Gasteiger partial charge in [0.1, 0.15) is 16.8 Å². The van der Waals surface area contributed by atoms with Crippen LogP contribution >= 0.6 is 22.7 Å². The summed E-state index contributed by atoms with van der Waals surface area (Å²) in [5.74, 6) is 0.805. The van der Waals surface area contributed by atoms with Gasteiger partial charge in [0.15, 0.2) is 5.13 Å². The summed E-state index contributed by atoms with van der Waals surface area (Å²) in [6.45, 7) is 0. The van der Waals surface area contributed by atoms with E-state index in [0.717, 1.165) is 44.5 Å². The lowest BCUT2D eigenvalue weighted by molar-refractivity contribution is 0.415. The van der Waals surface area contributed by atoms with Gasteiger partial charge in [-0.2, -0.15) is 5.26 Å². The molecule has 0 atom stereocenters. The average Bonchev–Trinajstić information content (AvgIpc) is 3.06. The van der Waals surface area contributed by atoms with Gasteiger partial charge < -0.3 is 10.1 Å². The van der Waals surface area contributed by atoms with Crippen LogP contribution in [0, 0.1) is 11.3 Å². The van der Waals surface area contributed by atoms with Crippen molar-refractivity contribution in [3.05, 3.63) is 34.2 Å². The molecule has 1 aliphatic rings. The Labute approximate surface area is 148 Å². The van der Waals surface area contributed by atoms with Gasteiger partial charge in [0, 0.05) is 10.9 Å². The van der Waals surface area contributed by atoms with E-state index in [2.05, 4.69) is 16.4 Å². The third-order valence-electron chi connectivity index (χ3n) is 4.35. The zero-order valence-corrected chi connectivity index (χ0v) is 15.0. The number of aryl methyl sites for hydroxylation is 1. The summed E-state index contributed by atoms with van der Waals surface area (Å²) in [5.41, 5.74) is 2.98. The maximum absolute atomic E-state index is 9.62. The molecule has 0 saturated heterocycles. The monoisotopic (exact) mass is 355 g/mol. The van der Waals surface area contributed by atoms with Gasteiger partial charge in [-0.3, -0.25) is 0 Å². The first kappa shape index (κ1) is 15.4. The first-order valence-corrected chi connectivity index (χ1v) is 9.68. The van der Waals surface area contributed by atoms with Crippen molar-refractivity contribution in [2.75, 3.05) is 12.4 Å². The second kappa shape index (κ2) is 6.42. The minimum absolute atomic E-state index is 0.805. The van der Waals surface area contributed by atoms with Gasteiger partial charge in [-0.15, -0.1) is 11.3 Å². The molecule has 122 valence electrons. The molecule has 24 heavy (non-hydrogen) atoms. The molecule has 3 aromatic rings. The van der Waals surface area contributed by atoms with Crippen molar-refractivity contribution in [2.24, 2.45) is 0 Å². The molecule has 2 heterocycles. The first-order valence-electron chi connectivity index (χ1n) is 8.04. The van der Waals surface area contributed by atoms with Gasteiger partial charge in [-0.05, 0) is 43.4 Å². The van der Waals surface area contributed by atoms with Crippen LogP contribution in [0.25, 0.3) is 10.2 Å². The third-order valence-corrected chi connectivity index (χ3v) is 6.51. The van der Waals surface area contributed by atoms with Crippen molar-refractivity contribution in [1.29, 1.82) is 5.26 Å². The molecule has 0 fully saturated rings. The predicted molar refractivity (Wildman–Crippen MR) is 99.7 cm³/mol. The van der Waals surface area contributed by atoms with Crippen molar-refractivity contribution in [2.45, 2.75) is 32.1 Å². The zero-order valence-electron chi connectivity index (χ0n) is 13.4. The van der Waals surface area contributed by atoms with Crippen LogP contribution in [0.15, 0.2) is 18.2 Å². The second-order valence-electron chi connectivity index (χ2n) is 5.86. The first-order chi connectivity index (χ1) is 11.8. The highest BCUT2D eigenvalue weighted by Gasteiger charge is 2.20. The molecule has 0 bridgehead atoms. The van der Waals surface area contributed by atoms with Crippen molar-refractivity contribution >= 4 is 43.0 Å². The highest BCUT2D eigenvalue weighted by Crippen LogP contribution is 2.40. The van der Waals surface area contributed by atoms with Gasteiger partial charge in [-0.25, -0.2) is 4.98 Å². The number of hydrogen-bond acceptors (Lipinski definition) is 6. The Morgan fingerprint density at radius 1 is 1.21 bits per heavy atom. The van der Waals surface area contributed by atoms with E-state index in [1.54, 1.807) is 29.8 Å². The number of nitriles is 1. The van der Waals surface area contributed by atoms with E-state index in [0.29, 0.717) is 0 Å². The number of nitrogens with one attached hydrogen (secondary N) is 1. The van der Waals surface area contributed by atoms with Crippen molar-refractivity contribution in [3.63, 3.8) is 0 Å². The molecule has 0 saturated carbocycles. The van der Waals surface area contributed by atoms with Crippen molar-refractivity contribution < 1.29 is 4.74 Å². The Balaban J connectivity index is 1.69. The number of rotatable bonds is 3. The van der Waals surface area contributed by atoms with Crippen LogP contribution < -0.4 is 10.1 Å². The average molecular weight is 355 g/mol. The molecule has 0 aliphatic heterocycles. The summed E-state index contributed by atoms with van der Waals surface area (Å²) in [6, 6.07) is 8.31. The maximum atomic E-state index is 9.62. The van der Waals surface area contributed by atoms with Gasteiger partial charge in [0.25, 0.3) is 0 Å². The molecule has 1 aromatic carbocycles. The molecule has 2 aromatic heterocycles. The van der Waals surface area contributed by atoms with E-state index < -0.39 is 0 Å². The van der Waals surface area contributed by atoms with Crippen LogP contribution in [0.3, 0.4) is 0 Å². The van der Waals surface area contributed by atoms with E-state index in [1.165, 1.54) is 29.7 Å². The normalized spacial score (nSPS) is 14.0. The Morgan fingerprint density at radius 3 is 2.92 bits per heavy atom. The van der Waals surface area contributed by atoms with Crippen LogP contribution in [0.1, 0.15) is 35.3 Å². The van der Waals surface area contributed by atoms with Crippen molar-refractivity contribution in [3.8, 4) is 11.8 Å². The number of benzene rings is 1. The summed E-state index contributed by atoms with van der Waals surface area (Å²) in [6.07, 6.45) is 5.77. The number of methoxy groups -OCH3 is 1. The molecular formula is C18H17N3OS2. The Kier molecular flexibility index (Phi) is 4.13. The molecule has 1 aliphatic carbocycles. The minimum Gasteiger partial charge on any atom is -0.497 e. The number of aromatic nitrogens is 1. The number of thiophene rings is 1. The lowest BCUT2D eigenvalue weighted by atomic mass is 10.1. The van der Waals surface area contributed by atoms with Crippen LogP contribution in [0.2, 0.25) is 0 Å². The second-order valence-corrected chi connectivity index (χ2v) is 7.99. The van der Waals surface area contributed by atoms with Crippen LogP contribution in [0.5, 0.6) is 5.75 Å². The van der Waals surface area contributed by atoms with E-state index in [9.17, 15) is 5.26 Å². The van der Waals surface area contributed by atoms with Gasteiger partial charge in [-0.1, -0.05) is 17.8 Å².